The SMILES string of the molecule is C=CCN(CC=C)c1ccc(C)cc1C#N. The fourth-order valence-electron chi connectivity index (χ4n) is 1.60. The van der Waals surface area contributed by atoms with Crippen molar-refractivity contribution in [2.24, 2.45) is 0 Å². The van der Waals surface area contributed by atoms with Crippen LogP contribution in [0.25, 0.3) is 0 Å². The molecule has 0 atom stereocenters. The van der Waals surface area contributed by atoms with Gasteiger partial charge < -0.3 is 4.90 Å². The maximum atomic E-state index is 9.10. The number of hydrogen-bond acceptors (Lipinski definition) is 2. The molecule has 0 saturated heterocycles. The van der Waals surface area contributed by atoms with Crippen LogP contribution in [0.2, 0.25) is 0 Å². The average Bonchev–Trinajstić information content (AvgIpc) is 2.28. The van der Waals surface area contributed by atoms with Crippen LogP contribution in [0.15, 0.2) is 43.5 Å². The van der Waals surface area contributed by atoms with Crippen molar-refractivity contribution in [2.45, 2.75) is 6.92 Å². The third-order valence-corrected chi connectivity index (χ3v) is 2.31. The molecule has 0 aromatic heterocycles. The lowest BCUT2D eigenvalue weighted by Gasteiger charge is -2.22. The van der Waals surface area contributed by atoms with E-state index in [1.807, 2.05) is 37.3 Å². The molecule has 0 aliphatic rings. The van der Waals surface area contributed by atoms with E-state index >= 15 is 0 Å². The molecule has 0 N–H and O–H groups in total. The summed E-state index contributed by atoms with van der Waals surface area (Å²) in [5.74, 6) is 0. The predicted octanol–water partition coefficient (Wildman–Crippen LogP) is 3.05. The molecule has 0 amide bonds. The number of benzene rings is 1. The van der Waals surface area contributed by atoms with E-state index < -0.39 is 0 Å². The molecular weight excluding hydrogens is 196 g/mol. The molecule has 0 bridgehead atoms. The molecular formula is C14H16N2. The quantitative estimate of drug-likeness (QED) is 0.701. The van der Waals surface area contributed by atoms with Crippen molar-refractivity contribution in [2.75, 3.05) is 18.0 Å². The Morgan fingerprint density at radius 2 is 1.94 bits per heavy atom. The number of anilines is 1. The van der Waals surface area contributed by atoms with E-state index in [9.17, 15) is 0 Å². The van der Waals surface area contributed by atoms with Crippen molar-refractivity contribution in [3.05, 3.63) is 54.6 Å². The molecule has 0 heterocycles. The lowest BCUT2D eigenvalue weighted by Crippen LogP contribution is -2.24. The summed E-state index contributed by atoms with van der Waals surface area (Å²) in [6.45, 7) is 10.9. The Hall–Kier alpha value is -2.01. The Morgan fingerprint density at radius 3 is 2.44 bits per heavy atom. The van der Waals surface area contributed by atoms with E-state index in [1.54, 1.807) is 0 Å². The van der Waals surface area contributed by atoms with Crippen molar-refractivity contribution < 1.29 is 0 Å². The maximum Gasteiger partial charge on any atom is 0.101 e. The summed E-state index contributed by atoms with van der Waals surface area (Å²) in [5.41, 5.74) is 2.73. The second kappa shape index (κ2) is 5.77. The van der Waals surface area contributed by atoms with Gasteiger partial charge in [0.15, 0.2) is 0 Å². The number of rotatable bonds is 5. The first-order chi connectivity index (χ1) is 7.72. The molecule has 2 nitrogen and oxygen atoms in total. The van der Waals surface area contributed by atoms with Crippen molar-refractivity contribution in [1.29, 1.82) is 5.26 Å². The highest BCUT2D eigenvalue weighted by atomic mass is 15.1. The monoisotopic (exact) mass is 212 g/mol. The predicted molar refractivity (Wildman–Crippen MR) is 68.5 cm³/mol. The van der Waals surface area contributed by atoms with Crippen LogP contribution in [-0.4, -0.2) is 13.1 Å². The van der Waals surface area contributed by atoms with Gasteiger partial charge in [-0.1, -0.05) is 18.2 Å². The summed E-state index contributed by atoms with van der Waals surface area (Å²) < 4.78 is 0. The van der Waals surface area contributed by atoms with Crippen molar-refractivity contribution in [3.8, 4) is 6.07 Å². The van der Waals surface area contributed by atoms with Crippen LogP contribution >= 0.6 is 0 Å². The second-order valence-electron chi connectivity index (χ2n) is 3.61. The molecule has 0 aliphatic carbocycles. The third-order valence-electron chi connectivity index (χ3n) is 2.31. The molecule has 1 aromatic rings. The van der Waals surface area contributed by atoms with Crippen molar-refractivity contribution >= 4 is 5.69 Å². The lowest BCUT2D eigenvalue weighted by molar-refractivity contribution is 0.953. The summed E-state index contributed by atoms with van der Waals surface area (Å²) in [6, 6.07) is 8.10. The smallest absolute Gasteiger partial charge is 0.101 e. The zero-order valence-corrected chi connectivity index (χ0v) is 9.61. The van der Waals surface area contributed by atoms with Gasteiger partial charge in [0.1, 0.15) is 6.07 Å². The summed E-state index contributed by atoms with van der Waals surface area (Å²) in [7, 11) is 0. The van der Waals surface area contributed by atoms with E-state index in [0.29, 0.717) is 18.7 Å². The van der Waals surface area contributed by atoms with Crippen LogP contribution in [0.4, 0.5) is 5.69 Å². The van der Waals surface area contributed by atoms with Crippen molar-refractivity contribution in [1.82, 2.24) is 0 Å². The average molecular weight is 212 g/mol. The number of nitriles is 1. The first-order valence-electron chi connectivity index (χ1n) is 5.20. The first-order valence-corrected chi connectivity index (χ1v) is 5.20. The van der Waals surface area contributed by atoms with Crippen LogP contribution in [0, 0.1) is 18.3 Å². The number of nitrogens with zero attached hydrogens (tertiary/aromatic N) is 2. The highest BCUT2D eigenvalue weighted by Gasteiger charge is 2.08. The van der Waals surface area contributed by atoms with Gasteiger partial charge in [-0.05, 0) is 24.6 Å². The summed E-state index contributed by atoms with van der Waals surface area (Å²) in [4.78, 5) is 2.07. The van der Waals surface area contributed by atoms with Gasteiger partial charge in [0, 0.05) is 13.1 Å². The summed E-state index contributed by atoms with van der Waals surface area (Å²) >= 11 is 0. The highest BCUT2D eigenvalue weighted by molar-refractivity contribution is 5.61. The molecule has 1 aromatic carbocycles. The van der Waals surface area contributed by atoms with Gasteiger partial charge in [-0.25, -0.2) is 0 Å². The Morgan fingerprint density at radius 1 is 1.31 bits per heavy atom. The minimum Gasteiger partial charge on any atom is -0.363 e. The van der Waals surface area contributed by atoms with E-state index in [2.05, 4.69) is 24.1 Å². The largest absolute Gasteiger partial charge is 0.363 e. The van der Waals surface area contributed by atoms with Crippen LogP contribution in [0.1, 0.15) is 11.1 Å². The number of aryl methyl sites for hydroxylation is 1. The first kappa shape index (κ1) is 12.1. The fraction of sp³-hybridized carbons (Fsp3) is 0.214. The maximum absolute atomic E-state index is 9.10. The summed E-state index contributed by atoms with van der Waals surface area (Å²) in [5, 5.41) is 9.10. The lowest BCUT2D eigenvalue weighted by atomic mass is 10.1. The van der Waals surface area contributed by atoms with E-state index in [-0.39, 0.29) is 0 Å². The Balaban J connectivity index is 3.12. The third kappa shape index (κ3) is 2.74. The zero-order valence-electron chi connectivity index (χ0n) is 9.61. The Bertz CT molecular complexity index is 417. The molecule has 2 heteroatoms. The minimum atomic E-state index is 0.698. The molecule has 0 aliphatic heterocycles. The van der Waals surface area contributed by atoms with Gasteiger partial charge in [0.05, 0.1) is 11.3 Å². The number of hydrogen-bond donors (Lipinski definition) is 0. The minimum absolute atomic E-state index is 0.698. The van der Waals surface area contributed by atoms with Gasteiger partial charge in [-0.15, -0.1) is 13.2 Å². The molecule has 0 fully saturated rings. The molecule has 0 radical (unpaired) electrons. The normalized spacial score (nSPS) is 9.25. The highest BCUT2D eigenvalue weighted by Crippen LogP contribution is 2.21. The Labute approximate surface area is 97.1 Å². The topological polar surface area (TPSA) is 27.0 Å². The van der Waals surface area contributed by atoms with Gasteiger partial charge in [-0.3, -0.25) is 0 Å². The molecule has 0 unspecified atom stereocenters. The van der Waals surface area contributed by atoms with Crippen LogP contribution in [-0.2, 0) is 0 Å². The molecule has 0 spiro atoms. The molecule has 16 heavy (non-hydrogen) atoms. The van der Waals surface area contributed by atoms with Crippen LogP contribution < -0.4 is 4.90 Å². The van der Waals surface area contributed by atoms with Gasteiger partial charge in [0.25, 0.3) is 0 Å². The second-order valence-corrected chi connectivity index (χ2v) is 3.61. The molecule has 1 rings (SSSR count). The van der Waals surface area contributed by atoms with Gasteiger partial charge in [0.2, 0.25) is 0 Å². The van der Waals surface area contributed by atoms with Gasteiger partial charge in [-0.2, -0.15) is 5.26 Å². The van der Waals surface area contributed by atoms with E-state index in [0.717, 1.165) is 11.3 Å². The fourth-order valence-corrected chi connectivity index (χ4v) is 1.60. The van der Waals surface area contributed by atoms with E-state index in [1.165, 1.54) is 0 Å². The molecule has 82 valence electrons. The summed E-state index contributed by atoms with van der Waals surface area (Å²) in [6.07, 6.45) is 3.65. The standard InChI is InChI=1S/C14H16N2/c1-4-8-16(9-5-2)14-7-6-12(3)10-13(14)11-15/h4-7,10H,1-2,8-9H2,3H3. The Kier molecular flexibility index (Phi) is 4.35. The van der Waals surface area contributed by atoms with Crippen LogP contribution in [0.5, 0.6) is 0 Å². The van der Waals surface area contributed by atoms with Crippen LogP contribution in [0.3, 0.4) is 0 Å². The van der Waals surface area contributed by atoms with Crippen molar-refractivity contribution in [3.63, 3.8) is 0 Å². The van der Waals surface area contributed by atoms with Gasteiger partial charge >= 0.3 is 0 Å². The zero-order chi connectivity index (χ0) is 12.0. The molecule has 0 saturated carbocycles. The van der Waals surface area contributed by atoms with E-state index in [4.69, 9.17) is 5.26 Å².